The summed E-state index contributed by atoms with van der Waals surface area (Å²) in [6.07, 6.45) is 1.01. The molecule has 1 aromatic rings. The summed E-state index contributed by atoms with van der Waals surface area (Å²) in [5, 5.41) is 31.0. The zero-order valence-corrected chi connectivity index (χ0v) is 10.8. The molecule has 0 aliphatic heterocycles. The first kappa shape index (κ1) is 15.5. The van der Waals surface area contributed by atoms with Crippen LogP contribution >= 0.6 is 0 Å². The van der Waals surface area contributed by atoms with E-state index in [1.54, 1.807) is 0 Å². The number of rotatable bonds is 5. The zero-order chi connectivity index (χ0) is 15.5. The molecule has 1 aromatic heterocycles. The first-order valence-electron chi connectivity index (χ1n) is 5.50. The van der Waals surface area contributed by atoms with Crippen molar-refractivity contribution >= 4 is 17.6 Å². The molecule has 3 N–H and O–H groups in total. The van der Waals surface area contributed by atoms with E-state index < -0.39 is 28.9 Å². The lowest BCUT2D eigenvalue weighted by molar-refractivity contribution is -0.385. The molecule has 0 radical (unpaired) electrons. The number of carboxylic acid groups (broad SMARTS) is 1. The standard InChI is InChI=1S/C11H13N3O6/c1-6-8(3-7(4-12-6)14(19)20)9(15)13-5-11(2,18)10(16)17/h3-4,18H,5H2,1-2H3,(H,13,15)(H,16,17). The summed E-state index contributed by atoms with van der Waals surface area (Å²) < 4.78 is 0. The van der Waals surface area contributed by atoms with Gasteiger partial charge in [-0.05, 0) is 13.8 Å². The van der Waals surface area contributed by atoms with E-state index in [1.807, 2.05) is 0 Å². The third-order valence-corrected chi connectivity index (χ3v) is 2.58. The maximum atomic E-state index is 11.8. The highest BCUT2D eigenvalue weighted by atomic mass is 16.6. The summed E-state index contributed by atoms with van der Waals surface area (Å²) >= 11 is 0. The normalized spacial score (nSPS) is 13.3. The predicted octanol–water partition coefficient (Wildman–Crippen LogP) is -0.136. The van der Waals surface area contributed by atoms with E-state index in [-0.39, 0.29) is 16.9 Å². The van der Waals surface area contributed by atoms with Gasteiger partial charge in [-0.1, -0.05) is 0 Å². The third kappa shape index (κ3) is 3.48. The lowest BCUT2D eigenvalue weighted by Gasteiger charge is -2.18. The summed E-state index contributed by atoms with van der Waals surface area (Å²) in [4.78, 5) is 36.1. The minimum atomic E-state index is -2.13. The van der Waals surface area contributed by atoms with Crippen LogP contribution < -0.4 is 5.32 Å². The van der Waals surface area contributed by atoms with Gasteiger partial charge < -0.3 is 15.5 Å². The van der Waals surface area contributed by atoms with Crippen molar-refractivity contribution in [1.29, 1.82) is 0 Å². The number of aliphatic hydroxyl groups is 1. The van der Waals surface area contributed by atoms with Crippen molar-refractivity contribution in [3.05, 3.63) is 33.6 Å². The topological polar surface area (TPSA) is 143 Å². The summed E-state index contributed by atoms with van der Waals surface area (Å²) in [6, 6.07) is 1.03. The lowest BCUT2D eigenvalue weighted by Crippen LogP contribution is -2.46. The number of aryl methyl sites for hydroxylation is 1. The molecule has 0 fully saturated rings. The highest BCUT2D eigenvalue weighted by molar-refractivity contribution is 5.96. The van der Waals surface area contributed by atoms with Gasteiger partial charge in [0.15, 0.2) is 5.60 Å². The number of nitrogens with zero attached hydrogens (tertiary/aromatic N) is 2. The average Bonchev–Trinajstić information content (AvgIpc) is 2.36. The highest BCUT2D eigenvalue weighted by Crippen LogP contribution is 2.14. The van der Waals surface area contributed by atoms with Gasteiger partial charge in [-0.2, -0.15) is 0 Å². The van der Waals surface area contributed by atoms with Crippen LogP contribution in [0.25, 0.3) is 0 Å². The fourth-order valence-corrected chi connectivity index (χ4v) is 1.28. The Hall–Kier alpha value is -2.55. The molecule has 0 aromatic carbocycles. The Bertz CT molecular complexity index is 569. The van der Waals surface area contributed by atoms with Crippen molar-refractivity contribution in [2.75, 3.05) is 6.54 Å². The molecule has 9 nitrogen and oxygen atoms in total. The largest absolute Gasteiger partial charge is 0.479 e. The molecule has 0 saturated carbocycles. The predicted molar refractivity (Wildman–Crippen MR) is 66.2 cm³/mol. The number of aromatic nitrogens is 1. The van der Waals surface area contributed by atoms with E-state index in [1.165, 1.54) is 6.92 Å². The van der Waals surface area contributed by atoms with Crippen LogP contribution in [0, 0.1) is 17.0 Å². The van der Waals surface area contributed by atoms with Gasteiger partial charge in [-0.15, -0.1) is 0 Å². The Morgan fingerprint density at radius 3 is 2.65 bits per heavy atom. The number of hydrogen-bond donors (Lipinski definition) is 3. The van der Waals surface area contributed by atoms with Crippen molar-refractivity contribution in [2.24, 2.45) is 0 Å². The van der Waals surface area contributed by atoms with Crippen molar-refractivity contribution in [3.63, 3.8) is 0 Å². The van der Waals surface area contributed by atoms with E-state index in [0.29, 0.717) is 0 Å². The van der Waals surface area contributed by atoms with Crippen LogP contribution in [-0.4, -0.2) is 44.1 Å². The lowest BCUT2D eigenvalue weighted by atomic mass is 10.1. The summed E-state index contributed by atoms with van der Waals surface area (Å²) in [7, 11) is 0. The molecule has 1 unspecified atom stereocenters. The van der Waals surface area contributed by atoms with Crippen molar-refractivity contribution in [2.45, 2.75) is 19.4 Å². The molecule has 1 atom stereocenters. The number of carbonyl (C=O) groups is 2. The SMILES string of the molecule is Cc1ncc([N+](=O)[O-])cc1C(=O)NCC(C)(O)C(=O)O. The minimum absolute atomic E-state index is 0.0552. The molecular formula is C11H13N3O6. The van der Waals surface area contributed by atoms with Gasteiger partial charge in [-0.3, -0.25) is 19.9 Å². The molecule has 0 aliphatic carbocycles. The van der Waals surface area contributed by atoms with Crippen LogP contribution in [0.4, 0.5) is 5.69 Å². The molecule has 0 spiro atoms. The number of pyridine rings is 1. The van der Waals surface area contributed by atoms with Gasteiger partial charge in [0.1, 0.15) is 6.20 Å². The van der Waals surface area contributed by atoms with Gasteiger partial charge in [0.2, 0.25) is 0 Å². The van der Waals surface area contributed by atoms with Crippen LogP contribution in [0.15, 0.2) is 12.3 Å². The van der Waals surface area contributed by atoms with Crippen molar-refractivity contribution < 1.29 is 24.7 Å². The molecular weight excluding hydrogens is 270 g/mol. The number of carboxylic acids is 1. The Morgan fingerprint density at radius 2 is 2.15 bits per heavy atom. The van der Waals surface area contributed by atoms with E-state index in [4.69, 9.17) is 5.11 Å². The monoisotopic (exact) mass is 283 g/mol. The Kier molecular flexibility index (Phi) is 4.35. The summed E-state index contributed by atoms with van der Waals surface area (Å²) in [5.41, 5.74) is -2.29. The van der Waals surface area contributed by atoms with E-state index in [9.17, 15) is 24.8 Å². The van der Waals surface area contributed by atoms with Crippen LogP contribution in [-0.2, 0) is 4.79 Å². The Morgan fingerprint density at radius 1 is 1.55 bits per heavy atom. The molecule has 0 saturated heterocycles. The van der Waals surface area contributed by atoms with E-state index in [0.717, 1.165) is 19.2 Å². The van der Waals surface area contributed by atoms with Crippen molar-refractivity contribution in [3.8, 4) is 0 Å². The number of nitro groups is 1. The molecule has 108 valence electrons. The second-order valence-electron chi connectivity index (χ2n) is 4.35. The smallest absolute Gasteiger partial charge is 0.337 e. The fraction of sp³-hybridized carbons (Fsp3) is 0.364. The number of hydrogen-bond acceptors (Lipinski definition) is 6. The maximum Gasteiger partial charge on any atom is 0.337 e. The van der Waals surface area contributed by atoms with Gasteiger partial charge in [0.25, 0.3) is 11.6 Å². The Labute approximate surface area is 113 Å². The van der Waals surface area contributed by atoms with Crippen LogP contribution in [0.3, 0.4) is 0 Å². The third-order valence-electron chi connectivity index (χ3n) is 2.58. The van der Waals surface area contributed by atoms with Gasteiger partial charge in [0.05, 0.1) is 22.7 Å². The van der Waals surface area contributed by atoms with Crippen LogP contribution in [0.2, 0.25) is 0 Å². The number of nitrogens with one attached hydrogen (secondary N) is 1. The highest BCUT2D eigenvalue weighted by Gasteiger charge is 2.30. The first-order chi connectivity index (χ1) is 9.15. The fourth-order valence-electron chi connectivity index (χ4n) is 1.28. The van der Waals surface area contributed by atoms with Crippen molar-refractivity contribution in [1.82, 2.24) is 10.3 Å². The van der Waals surface area contributed by atoms with Gasteiger partial charge in [0, 0.05) is 6.07 Å². The van der Waals surface area contributed by atoms with Crippen LogP contribution in [0.1, 0.15) is 23.0 Å². The zero-order valence-electron chi connectivity index (χ0n) is 10.8. The molecule has 20 heavy (non-hydrogen) atoms. The summed E-state index contributed by atoms with van der Waals surface area (Å²) in [5.74, 6) is -2.24. The molecule has 1 amide bonds. The molecule has 0 bridgehead atoms. The van der Waals surface area contributed by atoms with Crippen LogP contribution in [0.5, 0.6) is 0 Å². The number of amides is 1. The van der Waals surface area contributed by atoms with Gasteiger partial charge in [-0.25, -0.2) is 4.79 Å². The maximum absolute atomic E-state index is 11.8. The molecule has 1 rings (SSSR count). The average molecular weight is 283 g/mol. The molecule has 0 aliphatic rings. The number of carbonyl (C=O) groups excluding carboxylic acids is 1. The van der Waals surface area contributed by atoms with E-state index in [2.05, 4.69) is 10.3 Å². The first-order valence-corrected chi connectivity index (χ1v) is 5.50. The van der Waals surface area contributed by atoms with E-state index >= 15 is 0 Å². The molecule has 1 heterocycles. The quantitative estimate of drug-likeness (QED) is 0.504. The second-order valence-corrected chi connectivity index (χ2v) is 4.35. The number of aliphatic carboxylic acids is 1. The summed E-state index contributed by atoms with van der Waals surface area (Å²) in [6.45, 7) is 1.96. The Balaban J connectivity index is 2.90. The second kappa shape index (κ2) is 5.61. The van der Waals surface area contributed by atoms with Gasteiger partial charge >= 0.3 is 5.97 Å². The molecule has 9 heteroatoms. The minimum Gasteiger partial charge on any atom is -0.479 e.